The van der Waals surface area contributed by atoms with Crippen molar-refractivity contribution in [3.63, 3.8) is 0 Å². The molecule has 0 saturated carbocycles. The van der Waals surface area contributed by atoms with E-state index in [-0.39, 0.29) is 28.2 Å². The van der Waals surface area contributed by atoms with E-state index >= 15 is 0 Å². The molecule has 0 unspecified atom stereocenters. The van der Waals surface area contributed by atoms with Gasteiger partial charge in [-0.2, -0.15) is 5.10 Å². The third kappa shape index (κ3) is 5.20. The molecule has 0 radical (unpaired) electrons. The lowest BCUT2D eigenvalue weighted by molar-refractivity contribution is -0.118. The minimum atomic E-state index is -0.376. The van der Waals surface area contributed by atoms with Gasteiger partial charge in [0.2, 0.25) is 5.91 Å². The molecule has 0 atom stereocenters. The van der Waals surface area contributed by atoms with Gasteiger partial charge in [0, 0.05) is 6.54 Å². The molecule has 2 aromatic heterocycles. The number of benzene rings is 2. The second kappa shape index (κ2) is 10.4. The summed E-state index contributed by atoms with van der Waals surface area (Å²) >= 11 is 1.11. The first-order valence-corrected chi connectivity index (χ1v) is 11.3. The van der Waals surface area contributed by atoms with E-state index in [4.69, 9.17) is 9.47 Å². The van der Waals surface area contributed by atoms with Gasteiger partial charge in [0.05, 0.1) is 31.9 Å². The van der Waals surface area contributed by atoms with Crippen molar-refractivity contribution in [2.45, 2.75) is 11.6 Å². The van der Waals surface area contributed by atoms with Gasteiger partial charge in [0.15, 0.2) is 22.3 Å². The summed E-state index contributed by atoms with van der Waals surface area (Å²) in [6.45, 7) is 0.440. The number of carbonyl (C=O) groups is 1. The van der Waals surface area contributed by atoms with Crippen molar-refractivity contribution >= 4 is 28.7 Å². The van der Waals surface area contributed by atoms with Crippen LogP contribution in [0.2, 0.25) is 0 Å². The van der Waals surface area contributed by atoms with Crippen LogP contribution in [-0.2, 0) is 11.2 Å². The Balaban J connectivity index is 1.37. The molecule has 0 saturated heterocycles. The lowest BCUT2D eigenvalue weighted by Gasteiger charge is -2.10. The quantitative estimate of drug-likeness (QED) is 0.278. The first kappa shape index (κ1) is 23.3. The zero-order valence-corrected chi connectivity index (χ0v) is 19.3. The largest absolute Gasteiger partial charge is 0.493 e. The molecule has 0 aliphatic carbocycles. The van der Waals surface area contributed by atoms with Crippen molar-refractivity contribution in [2.24, 2.45) is 0 Å². The molecule has 0 fully saturated rings. The van der Waals surface area contributed by atoms with Crippen LogP contribution < -0.4 is 20.3 Å². The van der Waals surface area contributed by atoms with E-state index < -0.39 is 0 Å². The van der Waals surface area contributed by atoms with Crippen LogP contribution in [0, 0.1) is 5.82 Å². The Morgan fingerprint density at radius 2 is 1.91 bits per heavy atom. The lowest BCUT2D eigenvalue weighted by atomic mass is 10.1. The third-order valence-electron chi connectivity index (χ3n) is 5.01. The summed E-state index contributed by atoms with van der Waals surface area (Å²) in [4.78, 5) is 31.8. The third-order valence-corrected chi connectivity index (χ3v) is 5.88. The predicted octanol–water partition coefficient (Wildman–Crippen LogP) is 2.72. The zero-order valence-electron chi connectivity index (χ0n) is 18.5. The van der Waals surface area contributed by atoms with Gasteiger partial charge in [-0.1, -0.05) is 17.8 Å². The summed E-state index contributed by atoms with van der Waals surface area (Å²) in [5.74, 6) is 0.781. The molecule has 11 heteroatoms. The van der Waals surface area contributed by atoms with Gasteiger partial charge in [-0.3, -0.25) is 9.59 Å². The molecule has 0 bridgehead atoms. The number of halogens is 1. The fourth-order valence-corrected chi connectivity index (χ4v) is 3.99. The van der Waals surface area contributed by atoms with E-state index in [2.05, 4.69) is 20.4 Å². The second-order valence-electron chi connectivity index (χ2n) is 7.22. The molecule has 0 aliphatic heterocycles. The topological polar surface area (TPSA) is 111 Å². The first-order chi connectivity index (χ1) is 16.5. The molecule has 34 heavy (non-hydrogen) atoms. The number of hydrogen-bond donors (Lipinski definition) is 2. The lowest BCUT2D eigenvalue weighted by Crippen LogP contribution is -2.27. The van der Waals surface area contributed by atoms with Crippen LogP contribution >= 0.6 is 11.8 Å². The summed E-state index contributed by atoms with van der Waals surface area (Å²) in [6, 6.07) is 11.3. The first-order valence-electron chi connectivity index (χ1n) is 10.3. The van der Waals surface area contributed by atoms with Gasteiger partial charge < -0.3 is 19.8 Å². The molecular weight excluding hydrogens is 461 g/mol. The second-order valence-corrected chi connectivity index (χ2v) is 8.18. The van der Waals surface area contributed by atoms with Crippen molar-refractivity contribution in [3.05, 3.63) is 70.4 Å². The van der Waals surface area contributed by atoms with Gasteiger partial charge >= 0.3 is 0 Å². The highest BCUT2D eigenvalue weighted by atomic mass is 32.2. The van der Waals surface area contributed by atoms with E-state index in [1.165, 1.54) is 23.0 Å². The average molecular weight is 484 g/mol. The van der Waals surface area contributed by atoms with Crippen molar-refractivity contribution < 1.29 is 18.7 Å². The number of fused-ring (bicyclic) bond motifs is 1. The molecule has 2 heterocycles. The fourth-order valence-electron chi connectivity index (χ4n) is 3.31. The number of nitrogens with zero attached hydrogens (tertiary/aromatic N) is 3. The number of H-pyrrole nitrogens is 1. The number of methoxy groups -OCH3 is 2. The summed E-state index contributed by atoms with van der Waals surface area (Å²) < 4.78 is 25.2. The molecule has 2 aromatic carbocycles. The van der Waals surface area contributed by atoms with Crippen LogP contribution in [0.4, 0.5) is 4.39 Å². The number of amides is 1. The Bertz CT molecular complexity index is 1370. The van der Waals surface area contributed by atoms with Crippen LogP contribution in [0.15, 0.2) is 58.6 Å². The Morgan fingerprint density at radius 3 is 2.65 bits per heavy atom. The highest BCUT2D eigenvalue weighted by Gasteiger charge is 2.13. The predicted molar refractivity (Wildman–Crippen MR) is 126 cm³/mol. The van der Waals surface area contributed by atoms with E-state index in [9.17, 15) is 14.0 Å². The molecule has 9 nitrogen and oxygen atoms in total. The number of thioether (sulfide) groups is 1. The normalized spacial score (nSPS) is 10.9. The van der Waals surface area contributed by atoms with Gasteiger partial charge in [-0.25, -0.2) is 14.1 Å². The van der Waals surface area contributed by atoms with Gasteiger partial charge in [-0.05, 0) is 48.4 Å². The smallest absolute Gasteiger partial charge is 0.262 e. The molecular formula is C23H22FN5O4S. The number of aromatic amines is 1. The maximum absolute atomic E-state index is 13.2. The van der Waals surface area contributed by atoms with Crippen LogP contribution in [0.3, 0.4) is 0 Å². The number of rotatable bonds is 9. The van der Waals surface area contributed by atoms with Crippen molar-refractivity contribution in [2.75, 3.05) is 26.5 Å². The SMILES string of the molecule is COc1ccc(CCNC(=O)CSc2nc3c(cnn3-c3ccc(F)cc3)c(=O)[nH]2)cc1OC. The minimum absolute atomic E-state index is 0.0745. The van der Waals surface area contributed by atoms with Crippen molar-refractivity contribution in [3.8, 4) is 17.2 Å². The number of nitrogens with one attached hydrogen (secondary N) is 2. The minimum Gasteiger partial charge on any atom is -0.493 e. The Morgan fingerprint density at radius 1 is 1.15 bits per heavy atom. The number of hydrogen-bond acceptors (Lipinski definition) is 7. The molecule has 0 spiro atoms. The zero-order chi connectivity index (χ0) is 24.1. The summed E-state index contributed by atoms with van der Waals surface area (Å²) in [5, 5.41) is 7.63. The molecule has 2 N–H and O–H groups in total. The summed E-state index contributed by atoms with van der Waals surface area (Å²) in [7, 11) is 3.15. The number of ether oxygens (including phenoxy) is 2. The Kier molecular flexibility index (Phi) is 7.12. The van der Waals surface area contributed by atoms with E-state index in [1.807, 2.05) is 18.2 Å². The van der Waals surface area contributed by atoms with Crippen molar-refractivity contribution in [1.82, 2.24) is 25.1 Å². The van der Waals surface area contributed by atoms with Gasteiger partial charge in [0.25, 0.3) is 5.56 Å². The van der Waals surface area contributed by atoms with E-state index in [0.29, 0.717) is 41.2 Å². The maximum Gasteiger partial charge on any atom is 0.262 e. The molecule has 0 aliphatic rings. The van der Waals surface area contributed by atoms with Crippen LogP contribution in [0.1, 0.15) is 5.56 Å². The molecule has 4 aromatic rings. The summed E-state index contributed by atoms with van der Waals surface area (Å²) in [5.41, 5.74) is 1.52. The Labute approximate surface area is 198 Å². The molecule has 1 amide bonds. The Hall–Kier alpha value is -3.86. The van der Waals surface area contributed by atoms with Gasteiger partial charge in [-0.15, -0.1) is 0 Å². The standard InChI is InChI=1S/C23H22FN5O4S/c1-32-18-8-3-14(11-19(18)33-2)9-10-25-20(30)13-34-23-27-21-17(22(31)28-23)12-26-29(21)16-6-4-15(24)5-7-16/h3-8,11-12H,9-10,13H2,1-2H3,(H,25,30)(H,27,28,31). The molecule has 176 valence electrons. The highest BCUT2D eigenvalue weighted by Crippen LogP contribution is 2.27. The van der Waals surface area contributed by atoms with Crippen LogP contribution in [0.25, 0.3) is 16.7 Å². The van der Waals surface area contributed by atoms with E-state index in [1.54, 1.807) is 26.4 Å². The van der Waals surface area contributed by atoms with Gasteiger partial charge in [0.1, 0.15) is 11.2 Å². The van der Waals surface area contributed by atoms with Crippen molar-refractivity contribution in [1.29, 1.82) is 0 Å². The molecule has 4 rings (SSSR count). The van der Waals surface area contributed by atoms with Crippen LogP contribution in [-0.4, -0.2) is 52.2 Å². The van der Waals surface area contributed by atoms with E-state index in [0.717, 1.165) is 17.3 Å². The monoisotopic (exact) mass is 483 g/mol. The highest BCUT2D eigenvalue weighted by molar-refractivity contribution is 7.99. The fraction of sp³-hybridized carbons (Fsp3) is 0.217. The number of carbonyl (C=O) groups excluding carboxylic acids is 1. The summed E-state index contributed by atoms with van der Waals surface area (Å²) in [6.07, 6.45) is 2.02. The van der Waals surface area contributed by atoms with Crippen LogP contribution in [0.5, 0.6) is 11.5 Å². The number of aromatic nitrogens is 4. The maximum atomic E-state index is 13.2. The average Bonchev–Trinajstić information content (AvgIpc) is 3.27.